The average Bonchev–Trinajstić information content (AvgIpc) is 2.61. The highest BCUT2D eigenvalue weighted by atomic mass is 28.4. The van der Waals surface area contributed by atoms with Gasteiger partial charge in [-0.1, -0.05) is 33.1 Å². The van der Waals surface area contributed by atoms with E-state index in [0.29, 0.717) is 0 Å². The maximum absolute atomic E-state index is 6.11. The van der Waals surface area contributed by atoms with Crippen LogP contribution in [0.4, 0.5) is 0 Å². The lowest BCUT2D eigenvalue weighted by molar-refractivity contribution is 0.182. The maximum atomic E-state index is 6.11. The van der Waals surface area contributed by atoms with E-state index in [2.05, 4.69) is 51.2 Å². The highest BCUT2D eigenvalue weighted by Gasteiger charge is 2.47. The third-order valence-electron chi connectivity index (χ3n) is 5.10. The standard InChI is InChI=1S/C15H37NO2Si3/c1-8-17-21(10-3,18-9-2)13-11-12-16-19(4,5)14-15-20(16,6)7/h8-15H2,1-7H3. The summed E-state index contributed by atoms with van der Waals surface area (Å²) in [5, 5.41) is 0. The fourth-order valence-corrected chi connectivity index (χ4v) is 21.0. The summed E-state index contributed by atoms with van der Waals surface area (Å²) in [5.41, 5.74) is 0. The van der Waals surface area contributed by atoms with Crippen LogP contribution in [-0.4, -0.2) is 49.0 Å². The fourth-order valence-electron chi connectivity index (χ4n) is 3.91. The van der Waals surface area contributed by atoms with Crippen LogP contribution in [0.1, 0.15) is 27.2 Å². The SMILES string of the molecule is CCO[Si](CC)(CCCN1[Si](C)(C)CC[Si]1(C)C)OCC. The summed E-state index contributed by atoms with van der Waals surface area (Å²) >= 11 is 0. The smallest absolute Gasteiger partial charge is 0.337 e. The summed E-state index contributed by atoms with van der Waals surface area (Å²) in [6, 6.07) is 5.24. The Bertz CT molecular complexity index is 302. The van der Waals surface area contributed by atoms with E-state index in [1.165, 1.54) is 25.1 Å². The molecule has 6 heteroatoms. The van der Waals surface area contributed by atoms with Gasteiger partial charge >= 0.3 is 8.56 Å². The van der Waals surface area contributed by atoms with Crippen LogP contribution in [0.15, 0.2) is 0 Å². The molecule has 0 bridgehead atoms. The van der Waals surface area contributed by atoms with Crippen LogP contribution in [-0.2, 0) is 8.85 Å². The van der Waals surface area contributed by atoms with Gasteiger partial charge in [-0.3, -0.25) is 0 Å². The third-order valence-corrected chi connectivity index (χ3v) is 19.4. The van der Waals surface area contributed by atoms with Crippen molar-refractivity contribution in [3.63, 3.8) is 0 Å². The van der Waals surface area contributed by atoms with Gasteiger partial charge < -0.3 is 13.1 Å². The Labute approximate surface area is 135 Å². The molecule has 1 fully saturated rings. The molecular weight excluding hydrogens is 310 g/mol. The molecule has 1 saturated heterocycles. The van der Waals surface area contributed by atoms with Crippen LogP contribution in [0.5, 0.6) is 0 Å². The lowest BCUT2D eigenvalue weighted by atomic mass is 10.5. The highest BCUT2D eigenvalue weighted by Crippen LogP contribution is 2.37. The summed E-state index contributed by atoms with van der Waals surface area (Å²) in [6.07, 6.45) is 1.26. The van der Waals surface area contributed by atoms with Gasteiger partial charge in [-0.25, -0.2) is 0 Å². The molecule has 3 nitrogen and oxygen atoms in total. The van der Waals surface area contributed by atoms with Crippen molar-refractivity contribution in [1.82, 2.24) is 4.23 Å². The molecule has 0 amide bonds. The monoisotopic (exact) mass is 347 g/mol. The van der Waals surface area contributed by atoms with Crippen molar-refractivity contribution in [2.75, 3.05) is 19.8 Å². The van der Waals surface area contributed by atoms with Gasteiger partial charge in [-0.2, -0.15) is 0 Å². The second-order valence-electron chi connectivity index (χ2n) is 7.51. The zero-order valence-electron chi connectivity index (χ0n) is 15.4. The number of hydrogen-bond acceptors (Lipinski definition) is 3. The molecule has 1 aliphatic heterocycles. The van der Waals surface area contributed by atoms with E-state index in [-0.39, 0.29) is 0 Å². The summed E-state index contributed by atoms with van der Waals surface area (Å²) in [6.45, 7) is 19.6. The van der Waals surface area contributed by atoms with E-state index in [0.717, 1.165) is 25.3 Å². The molecule has 1 rings (SSSR count). The zero-order valence-corrected chi connectivity index (χ0v) is 18.4. The molecule has 126 valence electrons. The Morgan fingerprint density at radius 2 is 1.38 bits per heavy atom. The van der Waals surface area contributed by atoms with Crippen LogP contribution in [0, 0.1) is 0 Å². The van der Waals surface area contributed by atoms with Crippen molar-refractivity contribution >= 4 is 25.0 Å². The third kappa shape index (κ3) is 5.01. The van der Waals surface area contributed by atoms with Crippen molar-refractivity contribution < 1.29 is 8.85 Å². The van der Waals surface area contributed by atoms with Gasteiger partial charge in [0.15, 0.2) is 0 Å². The summed E-state index contributed by atoms with van der Waals surface area (Å²) in [4.78, 5) is 0. The van der Waals surface area contributed by atoms with Crippen LogP contribution in [0.25, 0.3) is 0 Å². The molecule has 0 atom stereocenters. The lowest BCUT2D eigenvalue weighted by Crippen LogP contribution is -2.55. The molecule has 0 aromatic heterocycles. The van der Waals surface area contributed by atoms with E-state index in [9.17, 15) is 0 Å². The van der Waals surface area contributed by atoms with Gasteiger partial charge in [-0.05, 0) is 51.0 Å². The molecule has 1 heterocycles. The highest BCUT2D eigenvalue weighted by molar-refractivity contribution is 6.95. The second kappa shape index (κ2) is 7.88. The molecule has 0 spiro atoms. The number of rotatable bonds is 9. The minimum atomic E-state index is -1.93. The Kier molecular flexibility index (Phi) is 7.34. The number of hydrogen-bond donors (Lipinski definition) is 0. The Hall–Kier alpha value is 0.531. The lowest BCUT2D eigenvalue weighted by Gasteiger charge is -2.39. The maximum Gasteiger partial charge on any atom is 0.337 e. The molecule has 0 aliphatic carbocycles. The van der Waals surface area contributed by atoms with Gasteiger partial charge in [-0.15, -0.1) is 0 Å². The molecule has 0 aromatic carbocycles. The Morgan fingerprint density at radius 1 is 0.905 bits per heavy atom. The van der Waals surface area contributed by atoms with E-state index in [1.54, 1.807) is 0 Å². The molecule has 1 aliphatic rings. The van der Waals surface area contributed by atoms with E-state index < -0.39 is 25.0 Å². The normalized spacial score (nSPS) is 21.9. The van der Waals surface area contributed by atoms with Crippen LogP contribution in [0.2, 0.25) is 50.4 Å². The van der Waals surface area contributed by atoms with E-state index >= 15 is 0 Å². The Morgan fingerprint density at radius 3 is 1.76 bits per heavy atom. The van der Waals surface area contributed by atoms with Crippen molar-refractivity contribution in [3.8, 4) is 0 Å². The van der Waals surface area contributed by atoms with Crippen LogP contribution < -0.4 is 0 Å². The molecular formula is C15H37NO2Si3. The van der Waals surface area contributed by atoms with Gasteiger partial charge in [0.1, 0.15) is 16.5 Å². The van der Waals surface area contributed by atoms with Crippen molar-refractivity contribution in [2.24, 2.45) is 0 Å². The summed E-state index contributed by atoms with van der Waals surface area (Å²) < 4.78 is 15.2. The number of nitrogens with zero attached hydrogens (tertiary/aromatic N) is 1. The topological polar surface area (TPSA) is 21.7 Å². The quantitative estimate of drug-likeness (QED) is 0.567. The zero-order chi connectivity index (χ0) is 16.1. The molecule has 0 N–H and O–H groups in total. The van der Waals surface area contributed by atoms with Crippen molar-refractivity contribution in [2.45, 2.75) is 77.6 Å². The predicted molar refractivity (Wildman–Crippen MR) is 100 cm³/mol. The van der Waals surface area contributed by atoms with Crippen molar-refractivity contribution in [1.29, 1.82) is 0 Å². The van der Waals surface area contributed by atoms with Gasteiger partial charge in [0.2, 0.25) is 0 Å². The fraction of sp³-hybridized carbons (Fsp3) is 1.00. The minimum absolute atomic E-state index is 0.796. The van der Waals surface area contributed by atoms with Gasteiger partial charge in [0, 0.05) is 13.2 Å². The van der Waals surface area contributed by atoms with E-state index in [1.807, 2.05) is 0 Å². The van der Waals surface area contributed by atoms with Gasteiger partial charge in [0.05, 0.1) is 0 Å². The Balaban J connectivity index is 2.61. The van der Waals surface area contributed by atoms with Crippen LogP contribution >= 0.6 is 0 Å². The summed E-state index contributed by atoms with van der Waals surface area (Å²) in [5.74, 6) is 0. The first-order chi connectivity index (χ1) is 9.73. The second-order valence-corrected chi connectivity index (χ2v) is 20.9. The molecule has 21 heavy (non-hydrogen) atoms. The predicted octanol–water partition coefficient (Wildman–Crippen LogP) is 4.64. The largest absolute Gasteiger partial charge is 0.394 e. The molecule has 0 saturated carbocycles. The summed E-state index contributed by atoms with van der Waals surface area (Å²) in [7, 11) is -4.17. The molecule has 0 unspecified atom stereocenters. The molecule has 0 aromatic rings. The first-order valence-corrected chi connectivity index (χ1v) is 17.3. The van der Waals surface area contributed by atoms with E-state index in [4.69, 9.17) is 8.85 Å². The first-order valence-electron chi connectivity index (χ1n) is 8.78. The molecule has 0 radical (unpaired) electrons. The average molecular weight is 348 g/mol. The first kappa shape index (κ1) is 19.6. The minimum Gasteiger partial charge on any atom is -0.394 e. The van der Waals surface area contributed by atoms with Crippen LogP contribution in [0.3, 0.4) is 0 Å². The van der Waals surface area contributed by atoms with Crippen molar-refractivity contribution in [3.05, 3.63) is 0 Å². The van der Waals surface area contributed by atoms with Gasteiger partial charge in [0.25, 0.3) is 0 Å².